The van der Waals surface area contributed by atoms with Gasteiger partial charge in [-0.05, 0) is 18.4 Å². The van der Waals surface area contributed by atoms with E-state index in [0.29, 0.717) is 12.5 Å². The Morgan fingerprint density at radius 2 is 2.33 bits per heavy atom. The zero-order valence-corrected chi connectivity index (χ0v) is 9.90. The maximum Gasteiger partial charge on any atom is 0.0950 e. The molecule has 0 radical (unpaired) electrons. The molecule has 1 aromatic rings. The van der Waals surface area contributed by atoms with Crippen LogP contribution in [-0.4, -0.2) is 16.1 Å². The summed E-state index contributed by atoms with van der Waals surface area (Å²) in [6.45, 7) is 8.13. The summed E-state index contributed by atoms with van der Waals surface area (Å²) in [5.74, 6) is 0.500. The Balaban J connectivity index is 2.90. The summed E-state index contributed by atoms with van der Waals surface area (Å²) in [5.41, 5.74) is 8.15. The Labute approximate surface area is 92.0 Å². The molecule has 0 bridgehead atoms. The summed E-state index contributed by atoms with van der Waals surface area (Å²) >= 11 is 0. The van der Waals surface area contributed by atoms with E-state index in [0.717, 1.165) is 18.7 Å². The molecule has 0 aliphatic heterocycles. The monoisotopic (exact) mass is 207 g/mol. The van der Waals surface area contributed by atoms with Crippen molar-refractivity contribution in [3.63, 3.8) is 0 Å². The van der Waals surface area contributed by atoms with E-state index in [-0.39, 0.29) is 0 Å². The van der Waals surface area contributed by atoms with Crippen LogP contribution in [0, 0.1) is 5.92 Å². The fourth-order valence-electron chi connectivity index (χ4n) is 1.53. The number of hydrogen-bond donors (Lipinski definition) is 1. The lowest BCUT2D eigenvalue weighted by Gasteiger charge is -2.09. The van der Waals surface area contributed by atoms with E-state index in [1.807, 2.05) is 12.5 Å². The highest BCUT2D eigenvalue weighted by molar-refractivity contribution is 5.49. The van der Waals surface area contributed by atoms with Crippen molar-refractivity contribution in [3.8, 4) is 0 Å². The first-order valence-corrected chi connectivity index (χ1v) is 5.59. The van der Waals surface area contributed by atoms with Crippen molar-refractivity contribution in [1.82, 2.24) is 9.55 Å². The molecule has 3 nitrogen and oxygen atoms in total. The van der Waals surface area contributed by atoms with Gasteiger partial charge in [0.05, 0.1) is 18.2 Å². The quantitative estimate of drug-likeness (QED) is 0.805. The predicted molar refractivity (Wildman–Crippen MR) is 64.4 cm³/mol. The average molecular weight is 207 g/mol. The minimum Gasteiger partial charge on any atom is -0.331 e. The first-order valence-electron chi connectivity index (χ1n) is 5.59. The molecule has 0 saturated carbocycles. The number of nitrogens with two attached hydrogens (primary N) is 1. The largest absolute Gasteiger partial charge is 0.331 e. The Morgan fingerprint density at radius 3 is 2.87 bits per heavy atom. The molecular formula is C12H21N3. The van der Waals surface area contributed by atoms with Crippen LogP contribution in [-0.2, 0) is 6.54 Å². The van der Waals surface area contributed by atoms with Gasteiger partial charge < -0.3 is 10.3 Å². The van der Waals surface area contributed by atoms with Gasteiger partial charge in [-0.3, -0.25) is 0 Å². The van der Waals surface area contributed by atoms with Crippen LogP contribution in [0.1, 0.15) is 32.9 Å². The first kappa shape index (κ1) is 12.0. The number of aromatic nitrogens is 2. The highest BCUT2D eigenvalue weighted by atomic mass is 15.0. The molecular weight excluding hydrogens is 186 g/mol. The third kappa shape index (κ3) is 3.20. The van der Waals surface area contributed by atoms with Crippen LogP contribution in [0.3, 0.4) is 0 Å². The second kappa shape index (κ2) is 5.71. The molecule has 1 aromatic heterocycles. The summed E-state index contributed by atoms with van der Waals surface area (Å²) in [7, 11) is 0. The van der Waals surface area contributed by atoms with E-state index >= 15 is 0 Å². The van der Waals surface area contributed by atoms with Gasteiger partial charge in [0.1, 0.15) is 0 Å². The molecule has 2 N–H and O–H groups in total. The first-order chi connectivity index (χ1) is 7.19. The van der Waals surface area contributed by atoms with E-state index < -0.39 is 0 Å². The van der Waals surface area contributed by atoms with Gasteiger partial charge in [0, 0.05) is 13.1 Å². The lowest BCUT2D eigenvalue weighted by atomic mass is 10.0. The van der Waals surface area contributed by atoms with Crippen LogP contribution < -0.4 is 5.73 Å². The lowest BCUT2D eigenvalue weighted by molar-refractivity contribution is 0.671. The van der Waals surface area contributed by atoms with Crippen LogP contribution in [0.2, 0.25) is 0 Å². The topological polar surface area (TPSA) is 43.8 Å². The van der Waals surface area contributed by atoms with E-state index in [9.17, 15) is 0 Å². The van der Waals surface area contributed by atoms with E-state index in [2.05, 4.69) is 36.4 Å². The third-order valence-corrected chi connectivity index (χ3v) is 2.52. The van der Waals surface area contributed by atoms with Gasteiger partial charge in [0.2, 0.25) is 0 Å². The number of nitrogens with zero attached hydrogens (tertiary/aromatic N) is 2. The summed E-state index contributed by atoms with van der Waals surface area (Å²) in [4.78, 5) is 4.16. The zero-order valence-electron chi connectivity index (χ0n) is 9.90. The predicted octanol–water partition coefficient (Wildman–Crippen LogP) is 2.29. The Bertz CT molecular complexity index is 323. The molecule has 0 spiro atoms. The van der Waals surface area contributed by atoms with Crippen LogP contribution in [0.25, 0.3) is 6.08 Å². The summed E-state index contributed by atoms with van der Waals surface area (Å²) in [5, 5.41) is 0. The summed E-state index contributed by atoms with van der Waals surface area (Å²) in [6, 6.07) is 0. The van der Waals surface area contributed by atoms with Crippen molar-refractivity contribution in [3.05, 3.63) is 23.8 Å². The van der Waals surface area contributed by atoms with E-state index in [1.165, 1.54) is 5.57 Å². The van der Waals surface area contributed by atoms with Crippen LogP contribution in [0.15, 0.2) is 18.1 Å². The lowest BCUT2D eigenvalue weighted by Crippen LogP contribution is -2.09. The normalized spacial score (nSPS) is 12.5. The smallest absolute Gasteiger partial charge is 0.0950 e. The molecule has 0 fully saturated rings. The van der Waals surface area contributed by atoms with Crippen molar-refractivity contribution in [2.75, 3.05) is 6.54 Å². The van der Waals surface area contributed by atoms with Gasteiger partial charge >= 0.3 is 0 Å². The van der Waals surface area contributed by atoms with Gasteiger partial charge in [-0.2, -0.15) is 0 Å². The SMILES string of the molecule is CCCn1cncc1C=C(CN)C(C)C. The van der Waals surface area contributed by atoms with Gasteiger partial charge in [0.25, 0.3) is 0 Å². The average Bonchev–Trinajstić information content (AvgIpc) is 2.62. The molecule has 1 heterocycles. The maximum absolute atomic E-state index is 5.72. The van der Waals surface area contributed by atoms with Gasteiger partial charge in [-0.25, -0.2) is 4.98 Å². The Hall–Kier alpha value is -1.09. The second-order valence-electron chi connectivity index (χ2n) is 4.09. The second-order valence-corrected chi connectivity index (χ2v) is 4.09. The molecule has 0 aliphatic rings. The molecule has 0 unspecified atom stereocenters. The van der Waals surface area contributed by atoms with Gasteiger partial charge in [0.15, 0.2) is 0 Å². The number of hydrogen-bond acceptors (Lipinski definition) is 2. The minimum absolute atomic E-state index is 0.500. The van der Waals surface area contributed by atoms with Crippen molar-refractivity contribution in [1.29, 1.82) is 0 Å². The van der Waals surface area contributed by atoms with Crippen LogP contribution >= 0.6 is 0 Å². The number of rotatable bonds is 5. The van der Waals surface area contributed by atoms with Crippen molar-refractivity contribution < 1.29 is 0 Å². The molecule has 0 amide bonds. The molecule has 0 atom stereocenters. The van der Waals surface area contributed by atoms with Crippen LogP contribution in [0.5, 0.6) is 0 Å². The highest BCUT2D eigenvalue weighted by Gasteiger charge is 2.03. The fraction of sp³-hybridized carbons (Fsp3) is 0.583. The molecule has 1 rings (SSSR count). The molecule has 3 heteroatoms. The fourth-order valence-corrected chi connectivity index (χ4v) is 1.53. The van der Waals surface area contributed by atoms with Gasteiger partial charge in [-0.1, -0.05) is 26.3 Å². The summed E-state index contributed by atoms with van der Waals surface area (Å²) < 4.78 is 2.16. The third-order valence-electron chi connectivity index (χ3n) is 2.52. The molecule has 15 heavy (non-hydrogen) atoms. The van der Waals surface area contributed by atoms with Crippen molar-refractivity contribution in [2.24, 2.45) is 11.7 Å². The van der Waals surface area contributed by atoms with Crippen LogP contribution in [0.4, 0.5) is 0 Å². The summed E-state index contributed by atoms with van der Waals surface area (Å²) in [6.07, 6.45) is 7.06. The number of aryl methyl sites for hydroxylation is 1. The highest BCUT2D eigenvalue weighted by Crippen LogP contribution is 2.13. The standard InChI is InChI=1S/C12H21N3/c1-4-5-15-9-14-8-12(15)6-11(7-13)10(2)3/h6,8-10H,4-5,7,13H2,1-3H3. The van der Waals surface area contributed by atoms with E-state index in [1.54, 1.807) is 0 Å². The Morgan fingerprint density at radius 1 is 1.60 bits per heavy atom. The molecule has 0 saturated heterocycles. The Kier molecular flexibility index (Phi) is 4.56. The maximum atomic E-state index is 5.72. The molecule has 84 valence electrons. The number of imidazole rings is 1. The minimum atomic E-state index is 0.500. The molecule has 0 aliphatic carbocycles. The molecule has 0 aromatic carbocycles. The zero-order chi connectivity index (χ0) is 11.3. The van der Waals surface area contributed by atoms with Gasteiger partial charge in [-0.15, -0.1) is 0 Å². The van der Waals surface area contributed by atoms with E-state index in [4.69, 9.17) is 5.73 Å². The van der Waals surface area contributed by atoms with Crippen molar-refractivity contribution >= 4 is 6.08 Å². The van der Waals surface area contributed by atoms with Crippen molar-refractivity contribution in [2.45, 2.75) is 33.7 Å².